The summed E-state index contributed by atoms with van der Waals surface area (Å²) in [4.78, 5) is 17.0. The lowest BCUT2D eigenvalue weighted by molar-refractivity contribution is -0.118. The van der Waals surface area contributed by atoms with Gasteiger partial charge < -0.3 is 4.57 Å². The van der Waals surface area contributed by atoms with Crippen LogP contribution in [0, 0.1) is 5.82 Å². The zero-order valence-electron chi connectivity index (χ0n) is 12.8. The maximum Gasteiger partial charge on any atom is 0.248 e. The number of hydrogen-bond acceptors (Lipinski definition) is 2. The molecule has 0 unspecified atom stereocenters. The molecule has 1 heterocycles. The summed E-state index contributed by atoms with van der Waals surface area (Å²) in [5, 5.41) is 0. The zero-order chi connectivity index (χ0) is 16.2. The lowest BCUT2D eigenvalue weighted by Gasteiger charge is -2.00. The van der Waals surface area contributed by atoms with Gasteiger partial charge in [0.1, 0.15) is 5.82 Å². The van der Waals surface area contributed by atoms with Crippen LogP contribution in [0.25, 0.3) is 10.2 Å². The molecule has 0 atom stereocenters. The van der Waals surface area contributed by atoms with E-state index < -0.39 is 0 Å². The highest BCUT2D eigenvalue weighted by atomic mass is 32.1. The van der Waals surface area contributed by atoms with Gasteiger partial charge in [-0.1, -0.05) is 41.7 Å². The van der Waals surface area contributed by atoms with Crippen LogP contribution in [0.1, 0.15) is 18.9 Å². The van der Waals surface area contributed by atoms with Gasteiger partial charge in [0.15, 0.2) is 4.80 Å². The van der Waals surface area contributed by atoms with Crippen molar-refractivity contribution in [1.82, 2.24) is 4.57 Å². The third kappa shape index (κ3) is 3.56. The summed E-state index contributed by atoms with van der Waals surface area (Å²) in [6.45, 7) is 2.68. The zero-order valence-corrected chi connectivity index (χ0v) is 13.6. The monoisotopic (exact) mass is 328 g/mol. The van der Waals surface area contributed by atoms with E-state index in [1.807, 2.05) is 41.8 Å². The lowest BCUT2D eigenvalue weighted by Crippen LogP contribution is -2.16. The Balaban J connectivity index is 1.86. The van der Waals surface area contributed by atoms with Gasteiger partial charge in [-0.3, -0.25) is 4.79 Å². The Hall–Kier alpha value is -2.27. The highest BCUT2D eigenvalue weighted by Crippen LogP contribution is 2.18. The quantitative estimate of drug-likeness (QED) is 0.715. The molecule has 1 aromatic heterocycles. The Morgan fingerprint density at radius 1 is 1.22 bits per heavy atom. The number of carbonyl (C=O) groups excluding carboxylic acids is 1. The second-order valence-corrected chi connectivity index (χ2v) is 6.24. The summed E-state index contributed by atoms with van der Waals surface area (Å²) in [7, 11) is 0. The number of benzene rings is 2. The van der Waals surface area contributed by atoms with Crippen molar-refractivity contribution in [3.05, 3.63) is 64.7 Å². The molecule has 0 radical (unpaired) electrons. The number of rotatable bonds is 4. The molecule has 118 valence electrons. The van der Waals surface area contributed by atoms with Gasteiger partial charge in [-0.15, -0.1) is 0 Å². The molecule has 0 aliphatic carbocycles. The summed E-state index contributed by atoms with van der Waals surface area (Å²) >= 11 is 1.35. The van der Waals surface area contributed by atoms with Gasteiger partial charge >= 0.3 is 0 Å². The number of nitrogens with zero attached hydrogens (tertiary/aromatic N) is 2. The third-order valence-electron chi connectivity index (χ3n) is 3.65. The standard InChI is InChI=1S/C18H17FN2OS/c1-2-21-15-10-9-14(19)12-16(15)23-18(21)20-17(22)11-8-13-6-4-3-5-7-13/h3-7,9-10,12H,2,8,11H2,1H3. The van der Waals surface area contributed by atoms with Gasteiger partial charge in [-0.2, -0.15) is 4.99 Å². The van der Waals surface area contributed by atoms with Crippen LogP contribution in [-0.4, -0.2) is 10.5 Å². The van der Waals surface area contributed by atoms with Crippen molar-refractivity contribution in [3.63, 3.8) is 0 Å². The molecule has 0 aliphatic rings. The Bertz CT molecular complexity index is 896. The second kappa shape index (κ2) is 6.87. The van der Waals surface area contributed by atoms with E-state index in [2.05, 4.69) is 4.99 Å². The number of hydrogen-bond donors (Lipinski definition) is 0. The number of fused-ring (bicyclic) bond motifs is 1. The van der Waals surface area contributed by atoms with Crippen molar-refractivity contribution in [2.45, 2.75) is 26.3 Å². The van der Waals surface area contributed by atoms with E-state index in [9.17, 15) is 9.18 Å². The van der Waals surface area contributed by atoms with Crippen LogP contribution in [0.5, 0.6) is 0 Å². The van der Waals surface area contributed by atoms with E-state index in [0.717, 1.165) is 15.8 Å². The number of thiazole rings is 1. The SMILES string of the molecule is CCn1c(=NC(=O)CCc2ccccc2)sc2cc(F)ccc21. The topological polar surface area (TPSA) is 34.4 Å². The first-order valence-electron chi connectivity index (χ1n) is 7.57. The Morgan fingerprint density at radius 3 is 2.74 bits per heavy atom. The van der Waals surface area contributed by atoms with Crippen molar-refractivity contribution < 1.29 is 9.18 Å². The van der Waals surface area contributed by atoms with Crippen molar-refractivity contribution in [3.8, 4) is 0 Å². The largest absolute Gasteiger partial charge is 0.317 e. The van der Waals surface area contributed by atoms with Crippen molar-refractivity contribution >= 4 is 27.5 Å². The fraction of sp³-hybridized carbons (Fsp3) is 0.222. The first kappa shape index (κ1) is 15.6. The summed E-state index contributed by atoms with van der Waals surface area (Å²) in [5.74, 6) is -0.424. The number of aryl methyl sites for hydroxylation is 2. The molecule has 0 bridgehead atoms. The minimum Gasteiger partial charge on any atom is -0.317 e. The van der Waals surface area contributed by atoms with Crippen molar-refractivity contribution in [1.29, 1.82) is 0 Å². The molecule has 0 N–H and O–H groups in total. The average Bonchev–Trinajstić information content (AvgIpc) is 2.89. The Labute approximate surface area is 137 Å². The number of carbonyl (C=O) groups is 1. The molecule has 5 heteroatoms. The normalized spacial score (nSPS) is 12.0. The molecule has 23 heavy (non-hydrogen) atoms. The molecule has 0 fully saturated rings. The Kier molecular flexibility index (Phi) is 4.67. The maximum atomic E-state index is 13.4. The number of aromatic nitrogens is 1. The highest BCUT2D eigenvalue weighted by molar-refractivity contribution is 7.16. The molecule has 3 aromatic rings. The molecular weight excluding hydrogens is 311 g/mol. The third-order valence-corrected chi connectivity index (χ3v) is 4.69. The van der Waals surface area contributed by atoms with E-state index in [4.69, 9.17) is 0 Å². The molecule has 3 nitrogen and oxygen atoms in total. The van der Waals surface area contributed by atoms with Gasteiger partial charge in [0.25, 0.3) is 0 Å². The second-order valence-electron chi connectivity index (χ2n) is 5.23. The van der Waals surface area contributed by atoms with Crippen molar-refractivity contribution in [2.75, 3.05) is 0 Å². The van der Waals surface area contributed by atoms with Crippen LogP contribution in [0.4, 0.5) is 4.39 Å². The van der Waals surface area contributed by atoms with Gasteiger partial charge in [0, 0.05) is 13.0 Å². The number of amides is 1. The van der Waals surface area contributed by atoms with Crippen LogP contribution in [0.3, 0.4) is 0 Å². The van der Waals surface area contributed by atoms with Crippen LogP contribution in [0.2, 0.25) is 0 Å². The highest BCUT2D eigenvalue weighted by Gasteiger charge is 2.08. The molecule has 1 amide bonds. The van der Waals surface area contributed by atoms with E-state index >= 15 is 0 Å². The minimum atomic E-state index is -0.274. The molecule has 0 saturated carbocycles. The van der Waals surface area contributed by atoms with Gasteiger partial charge in [-0.25, -0.2) is 4.39 Å². The molecule has 0 aliphatic heterocycles. The summed E-state index contributed by atoms with van der Waals surface area (Å²) in [5.41, 5.74) is 2.03. The van der Waals surface area contributed by atoms with Gasteiger partial charge in [0.05, 0.1) is 10.2 Å². The smallest absolute Gasteiger partial charge is 0.248 e. The first-order valence-corrected chi connectivity index (χ1v) is 8.39. The fourth-order valence-corrected chi connectivity index (χ4v) is 3.63. The van der Waals surface area contributed by atoms with E-state index in [-0.39, 0.29) is 11.7 Å². The minimum absolute atomic E-state index is 0.150. The van der Waals surface area contributed by atoms with Gasteiger partial charge in [-0.05, 0) is 37.1 Å². The first-order chi connectivity index (χ1) is 11.2. The fourth-order valence-electron chi connectivity index (χ4n) is 2.50. The molecule has 0 saturated heterocycles. The number of halogens is 1. The predicted octanol–water partition coefficient (Wildman–Crippen LogP) is 3.92. The van der Waals surface area contributed by atoms with Gasteiger partial charge in [0.2, 0.25) is 5.91 Å². The van der Waals surface area contributed by atoms with Crippen LogP contribution < -0.4 is 4.80 Å². The van der Waals surface area contributed by atoms with E-state index in [1.54, 1.807) is 6.07 Å². The van der Waals surface area contributed by atoms with Crippen LogP contribution in [-0.2, 0) is 17.8 Å². The molecular formula is C18H17FN2OS. The summed E-state index contributed by atoms with van der Waals surface area (Å²) in [6.07, 6.45) is 1.05. The molecule has 3 rings (SSSR count). The average molecular weight is 328 g/mol. The summed E-state index contributed by atoms with van der Waals surface area (Å²) < 4.78 is 16.1. The maximum absolute atomic E-state index is 13.4. The summed E-state index contributed by atoms with van der Waals surface area (Å²) in [6, 6.07) is 14.5. The van der Waals surface area contributed by atoms with Crippen LogP contribution in [0.15, 0.2) is 53.5 Å². The van der Waals surface area contributed by atoms with Crippen LogP contribution >= 0.6 is 11.3 Å². The molecule has 2 aromatic carbocycles. The van der Waals surface area contributed by atoms with Crippen molar-refractivity contribution in [2.24, 2.45) is 4.99 Å². The molecule has 0 spiro atoms. The van der Waals surface area contributed by atoms with E-state index in [0.29, 0.717) is 24.2 Å². The predicted molar refractivity (Wildman–Crippen MR) is 90.8 cm³/mol. The lowest BCUT2D eigenvalue weighted by atomic mass is 10.1. The Morgan fingerprint density at radius 2 is 2.00 bits per heavy atom. The van der Waals surface area contributed by atoms with E-state index in [1.165, 1.54) is 23.5 Å².